The first-order valence-corrected chi connectivity index (χ1v) is 13.0. The summed E-state index contributed by atoms with van der Waals surface area (Å²) in [6, 6.07) is 7.76. The molecule has 1 aliphatic carbocycles. The number of nitrogens with zero attached hydrogens (tertiary/aromatic N) is 2. The van der Waals surface area contributed by atoms with Crippen LogP contribution in [0, 0.1) is 23.6 Å². The summed E-state index contributed by atoms with van der Waals surface area (Å²) in [5.74, 6) is 1.55. The van der Waals surface area contributed by atoms with Crippen molar-refractivity contribution in [1.29, 1.82) is 0 Å². The Balaban J connectivity index is 1.59. The number of anilines is 2. The molecule has 7 nitrogen and oxygen atoms in total. The van der Waals surface area contributed by atoms with Crippen LogP contribution in [0.2, 0.25) is 5.02 Å². The molecule has 2 aromatic rings. The number of hydrogen-bond acceptors (Lipinski definition) is 7. The Morgan fingerprint density at radius 1 is 1.17 bits per heavy atom. The van der Waals surface area contributed by atoms with Crippen LogP contribution in [0.25, 0.3) is 0 Å². The van der Waals surface area contributed by atoms with Crippen molar-refractivity contribution in [1.82, 2.24) is 15.3 Å². The molecule has 1 saturated carbocycles. The van der Waals surface area contributed by atoms with E-state index in [9.17, 15) is 9.50 Å². The van der Waals surface area contributed by atoms with E-state index in [0.29, 0.717) is 48.4 Å². The molecule has 3 rings (SSSR count). The summed E-state index contributed by atoms with van der Waals surface area (Å²) in [4.78, 5) is 8.42. The summed E-state index contributed by atoms with van der Waals surface area (Å²) in [5.41, 5.74) is 0.918. The third-order valence-corrected chi connectivity index (χ3v) is 7.29. The number of halogens is 2. The zero-order valence-corrected chi connectivity index (χ0v) is 21.4. The minimum atomic E-state index is -0.744. The van der Waals surface area contributed by atoms with Gasteiger partial charge in [0.15, 0.2) is 11.6 Å². The molecular weight excluding hydrogens is 469 g/mol. The van der Waals surface area contributed by atoms with E-state index in [-0.39, 0.29) is 18.5 Å². The molecule has 0 aliphatic heterocycles. The zero-order chi connectivity index (χ0) is 25.2. The molecule has 5 N–H and O–H groups in total. The first-order chi connectivity index (χ1) is 16.9. The Bertz CT molecular complexity index is 921. The minimum absolute atomic E-state index is 0.202. The molecule has 35 heavy (non-hydrogen) atoms. The fraction of sp³-hybridized carbons (Fsp3) is 0.615. The van der Waals surface area contributed by atoms with Gasteiger partial charge in [-0.15, -0.1) is 0 Å². The van der Waals surface area contributed by atoms with Crippen molar-refractivity contribution in [2.24, 2.45) is 17.8 Å². The summed E-state index contributed by atoms with van der Waals surface area (Å²) < 4.78 is 14.5. The fourth-order valence-electron chi connectivity index (χ4n) is 5.02. The van der Waals surface area contributed by atoms with Gasteiger partial charge < -0.3 is 26.2 Å². The predicted octanol–water partition coefficient (Wildman–Crippen LogP) is 4.46. The number of hydrogen-bond donors (Lipinski definition) is 5. The van der Waals surface area contributed by atoms with Crippen LogP contribution in [0.1, 0.15) is 51.5 Å². The van der Waals surface area contributed by atoms with Crippen LogP contribution in [0.5, 0.6) is 0 Å². The van der Waals surface area contributed by atoms with E-state index >= 15 is 0 Å². The number of aromatic nitrogens is 2. The summed E-state index contributed by atoms with van der Waals surface area (Å²) in [7, 11) is 0. The van der Waals surface area contributed by atoms with Gasteiger partial charge >= 0.3 is 0 Å². The second-order valence-corrected chi connectivity index (χ2v) is 10.1. The van der Waals surface area contributed by atoms with Gasteiger partial charge in [0.1, 0.15) is 0 Å². The summed E-state index contributed by atoms with van der Waals surface area (Å²) in [5, 5.41) is 29.2. The van der Waals surface area contributed by atoms with Crippen molar-refractivity contribution in [3.8, 4) is 0 Å². The largest absolute Gasteiger partial charge is 0.394 e. The van der Waals surface area contributed by atoms with Gasteiger partial charge in [0.2, 0.25) is 5.95 Å². The van der Waals surface area contributed by atoms with E-state index in [0.717, 1.165) is 31.2 Å². The highest BCUT2D eigenvalue weighted by molar-refractivity contribution is 6.31. The molecule has 1 fully saturated rings. The Hall–Kier alpha value is -2.00. The third kappa shape index (κ3) is 8.56. The number of aliphatic hydroxyl groups is 2. The quantitative estimate of drug-likeness (QED) is 0.273. The third-order valence-electron chi connectivity index (χ3n) is 6.93. The molecule has 1 aliphatic rings. The predicted molar refractivity (Wildman–Crippen MR) is 139 cm³/mol. The number of benzene rings is 1. The lowest BCUT2D eigenvalue weighted by Crippen LogP contribution is -2.43. The molecule has 0 amide bonds. The molecule has 0 bridgehead atoms. The molecule has 1 aromatic heterocycles. The van der Waals surface area contributed by atoms with Crippen LogP contribution < -0.4 is 16.0 Å². The minimum Gasteiger partial charge on any atom is -0.394 e. The van der Waals surface area contributed by atoms with Crippen LogP contribution in [-0.4, -0.2) is 52.0 Å². The molecule has 1 aromatic carbocycles. The maximum Gasteiger partial charge on any atom is 0.225 e. The first kappa shape index (κ1) is 27.6. The van der Waals surface area contributed by atoms with Gasteiger partial charge in [0.05, 0.1) is 18.9 Å². The topological polar surface area (TPSA) is 102 Å². The average Bonchev–Trinajstić information content (AvgIpc) is 2.86. The van der Waals surface area contributed by atoms with E-state index in [2.05, 4.69) is 39.8 Å². The van der Waals surface area contributed by atoms with E-state index in [1.165, 1.54) is 12.6 Å². The SMILES string of the molecule is CCCC1C[C@@H](CNc2nc(NCc3ccccc3Cl)ncc2F)C[C@H]([C@H](C)NCC(O)CO)C1. The highest BCUT2D eigenvalue weighted by atomic mass is 35.5. The average molecular weight is 508 g/mol. The summed E-state index contributed by atoms with van der Waals surface area (Å²) >= 11 is 6.21. The Morgan fingerprint density at radius 2 is 1.94 bits per heavy atom. The van der Waals surface area contributed by atoms with Crippen molar-refractivity contribution >= 4 is 23.4 Å². The Kier molecular flexibility index (Phi) is 11.0. The van der Waals surface area contributed by atoms with Gasteiger partial charge in [-0.05, 0) is 55.6 Å². The van der Waals surface area contributed by atoms with Gasteiger partial charge in [0, 0.05) is 30.7 Å². The highest BCUT2D eigenvalue weighted by Gasteiger charge is 2.31. The van der Waals surface area contributed by atoms with Gasteiger partial charge in [-0.2, -0.15) is 4.98 Å². The van der Waals surface area contributed by atoms with Gasteiger partial charge in [-0.25, -0.2) is 9.37 Å². The van der Waals surface area contributed by atoms with Crippen molar-refractivity contribution in [3.63, 3.8) is 0 Å². The number of rotatable bonds is 13. The molecule has 9 heteroatoms. The van der Waals surface area contributed by atoms with Gasteiger partial charge in [-0.3, -0.25) is 0 Å². The first-order valence-electron chi connectivity index (χ1n) is 12.7. The maximum atomic E-state index is 14.5. The maximum absolute atomic E-state index is 14.5. The standard InChI is InChI=1S/C26H39ClFN5O2/c1-3-6-18-9-19(11-21(10-18)17(2)29-14-22(35)16-34)12-30-25-24(28)15-32-26(33-25)31-13-20-7-4-5-8-23(20)27/h4-5,7-8,15,17-19,21-22,29,34-35H,3,6,9-14,16H2,1-2H3,(H2,30,31,32,33)/t17-,18?,19+,21+,22?/m0/s1. The summed E-state index contributed by atoms with van der Waals surface area (Å²) in [6.45, 7) is 5.59. The number of aliphatic hydroxyl groups excluding tert-OH is 2. The van der Waals surface area contributed by atoms with Crippen LogP contribution in [0.4, 0.5) is 16.2 Å². The second kappa shape index (κ2) is 13.9. The molecule has 0 spiro atoms. The monoisotopic (exact) mass is 507 g/mol. The molecule has 194 valence electrons. The van der Waals surface area contributed by atoms with Crippen molar-refractivity contribution in [2.45, 2.75) is 64.6 Å². The number of nitrogens with one attached hydrogen (secondary N) is 3. The van der Waals surface area contributed by atoms with Crippen molar-refractivity contribution < 1.29 is 14.6 Å². The lowest BCUT2D eigenvalue weighted by molar-refractivity contribution is 0.0853. The second-order valence-electron chi connectivity index (χ2n) is 9.74. The van der Waals surface area contributed by atoms with E-state index in [4.69, 9.17) is 16.7 Å². The lowest BCUT2D eigenvalue weighted by Gasteiger charge is -2.38. The molecule has 1 heterocycles. The fourth-order valence-corrected chi connectivity index (χ4v) is 5.22. The molecular formula is C26H39ClFN5O2. The Labute approximate surface area is 212 Å². The van der Waals surface area contributed by atoms with E-state index in [1.807, 2.05) is 24.3 Å². The van der Waals surface area contributed by atoms with E-state index < -0.39 is 11.9 Å². The van der Waals surface area contributed by atoms with Gasteiger partial charge in [-0.1, -0.05) is 49.6 Å². The summed E-state index contributed by atoms with van der Waals surface area (Å²) in [6.07, 6.45) is 6.03. The van der Waals surface area contributed by atoms with E-state index in [1.54, 1.807) is 0 Å². The van der Waals surface area contributed by atoms with Crippen molar-refractivity contribution in [2.75, 3.05) is 30.3 Å². The van der Waals surface area contributed by atoms with Crippen LogP contribution in [0.3, 0.4) is 0 Å². The zero-order valence-electron chi connectivity index (χ0n) is 20.7. The molecule has 0 saturated heterocycles. The van der Waals surface area contributed by atoms with Crippen LogP contribution >= 0.6 is 11.6 Å². The Morgan fingerprint density at radius 3 is 2.69 bits per heavy atom. The van der Waals surface area contributed by atoms with Crippen molar-refractivity contribution in [3.05, 3.63) is 46.9 Å². The van der Waals surface area contributed by atoms with Crippen LogP contribution in [-0.2, 0) is 6.54 Å². The molecule has 0 radical (unpaired) electrons. The normalized spacial score (nSPS) is 21.9. The van der Waals surface area contributed by atoms with Gasteiger partial charge in [0.25, 0.3) is 0 Å². The lowest BCUT2D eigenvalue weighted by atomic mass is 9.71. The molecule has 5 atom stereocenters. The smallest absolute Gasteiger partial charge is 0.225 e. The molecule has 2 unspecified atom stereocenters. The highest BCUT2D eigenvalue weighted by Crippen LogP contribution is 2.37. The van der Waals surface area contributed by atoms with Crippen LogP contribution in [0.15, 0.2) is 30.5 Å².